The van der Waals surface area contributed by atoms with E-state index in [0.29, 0.717) is 0 Å². The Morgan fingerprint density at radius 3 is 2.90 bits per heavy atom. The molecule has 1 N–H and O–H groups in total. The smallest absolute Gasteiger partial charge is 0.305 e. The molecule has 0 unspecified atom stereocenters. The summed E-state index contributed by atoms with van der Waals surface area (Å²) in [5, 5.41) is 21.0. The van der Waals surface area contributed by atoms with Gasteiger partial charge in [-0.25, -0.2) is 0 Å². The number of ether oxygens (including phenoxy) is 1. The monoisotopic (exact) mass is 307 g/mol. The molecule has 108 valence electrons. The average Bonchev–Trinajstić information content (AvgIpc) is 2.90. The lowest BCUT2D eigenvalue weighted by molar-refractivity contribution is -0.387. The molecule has 2 aromatic rings. The van der Waals surface area contributed by atoms with Crippen molar-refractivity contribution < 1.29 is 19.2 Å². The van der Waals surface area contributed by atoms with Gasteiger partial charge < -0.3 is 9.84 Å². The molecule has 7 heteroatoms. The maximum Gasteiger partial charge on any atom is 0.305 e. The van der Waals surface area contributed by atoms with Crippen LogP contribution in [0.5, 0.6) is 5.75 Å². The van der Waals surface area contributed by atoms with Crippen molar-refractivity contribution in [3.63, 3.8) is 0 Å². The second kappa shape index (κ2) is 6.83. The summed E-state index contributed by atoms with van der Waals surface area (Å²) in [4.78, 5) is 10.6. The van der Waals surface area contributed by atoms with Crippen molar-refractivity contribution in [2.75, 3.05) is 6.61 Å². The Labute approximate surface area is 123 Å². The van der Waals surface area contributed by atoms with Crippen LogP contribution in [0.15, 0.2) is 29.6 Å². The van der Waals surface area contributed by atoms with Crippen molar-refractivity contribution in [3.05, 3.63) is 56.0 Å². The van der Waals surface area contributed by atoms with E-state index in [4.69, 9.17) is 9.84 Å². The van der Waals surface area contributed by atoms with Crippen molar-refractivity contribution in [1.29, 1.82) is 0 Å². The van der Waals surface area contributed by atoms with Gasteiger partial charge >= 0.3 is 5.69 Å². The number of hydrogen-bond acceptors (Lipinski definition) is 5. The van der Waals surface area contributed by atoms with Gasteiger partial charge in [-0.2, -0.15) is 4.39 Å². The molecule has 0 amide bonds. The number of benzene rings is 1. The Hall–Kier alpha value is -2.43. The lowest BCUT2D eigenvalue weighted by Crippen LogP contribution is -1.97. The fourth-order valence-corrected chi connectivity index (χ4v) is 2.31. The van der Waals surface area contributed by atoms with E-state index in [-0.39, 0.29) is 19.0 Å². The summed E-state index contributed by atoms with van der Waals surface area (Å²) in [5.41, 5.74) is 0.143. The van der Waals surface area contributed by atoms with Crippen LogP contribution in [0.3, 0.4) is 0 Å². The van der Waals surface area contributed by atoms with Crippen LogP contribution in [0.25, 0.3) is 0 Å². The minimum absolute atomic E-state index is 0.171. The van der Waals surface area contributed by atoms with E-state index < -0.39 is 16.4 Å². The SMILES string of the molecule is O=[N+]([O-])c1ccc(OCc2sccc2C#CCO)cc1F. The van der Waals surface area contributed by atoms with E-state index in [1.54, 1.807) is 6.07 Å². The molecule has 1 heterocycles. The predicted molar refractivity (Wildman–Crippen MR) is 75.7 cm³/mol. The fourth-order valence-electron chi connectivity index (χ4n) is 1.57. The van der Waals surface area contributed by atoms with Crippen LogP contribution >= 0.6 is 11.3 Å². The van der Waals surface area contributed by atoms with Crippen molar-refractivity contribution in [1.82, 2.24) is 0 Å². The van der Waals surface area contributed by atoms with Crippen LogP contribution in [-0.4, -0.2) is 16.6 Å². The van der Waals surface area contributed by atoms with Gasteiger partial charge in [0, 0.05) is 17.7 Å². The van der Waals surface area contributed by atoms with E-state index in [0.717, 1.165) is 22.6 Å². The third-order valence-electron chi connectivity index (χ3n) is 2.53. The Morgan fingerprint density at radius 2 is 2.24 bits per heavy atom. The molecule has 0 radical (unpaired) electrons. The molecule has 0 bridgehead atoms. The number of nitro groups is 1. The Morgan fingerprint density at radius 1 is 1.43 bits per heavy atom. The molecule has 0 spiro atoms. The van der Waals surface area contributed by atoms with Crippen LogP contribution in [-0.2, 0) is 6.61 Å². The summed E-state index contributed by atoms with van der Waals surface area (Å²) < 4.78 is 18.8. The van der Waals surface area contributed by atoms with Gasteiger partial charge in [0.05, 0.1) is 9.80 Å². The van der Waals surface area contributed by atoms with Crippen LogP contribution in [0.2, 0.25) is 0 Å². The molecule has 0 aliphatic carbocycles. The fraction of sp³-hybridized carbons (Fsp3) is 0.143. The number of thiophene rings is 1. The Balaban J connectivity index is 2.08. The largest absolute Gasteiger partial charge is 0.488 e. The molecule has 1 aromatic heterocycles. The standard InChI is InChI=1S/C14H10FNO4S/c15-12-8-11(3-4-13(12)16(18)19)20-9-14-10(2-1-6-17)5-7-21-14/h3-5,7-8,17H,6,9H2. The number of halogens is 1. The topological polar surface area (TPSA) is 72.6 Å². The molecule has 0 saturated carbocycles. The molecule has 0 aliphatic heterocycles. The number of aliphatic hydroxyl groups excluding tert-OH is 1. The molecule has 0 atom stereocenters. The average molecular weight is 307 g/mol. The normalized spacial score (nSPS) is 9.81. The van der Waals surface area contributed by atoms with Crippen LogP contribution < -0.4 is 4.74 Å². The summed E-state index contributed by atoms with van der Waals surface area (Å²) in [6.45, 7) is -0.0614. The molecule has 0 aliphatic rings. The van der Waals surface area contributed by atoms with E-state index >= 15 is 0 Å². The van der Waals surface area contributed by atoms with E-state index in [1.165, 1.54) is 17.4 Å². The highest BCUT2D eigenvalue weighted by Gasteiger charge is 2.14. The van der Waals surface area contributed by atoms with Gasteiger partial charge in [-0.3, -0.25) is 10.1 Å². The first-order valence-corrected chi connectivity index (χ1v) is 6.72. The summed E-state index contributed by atoms with van der Waals surface area (Å²) in [5.74, 6) is 4.58. The number of nitrogens with zero attached hydrogens (tertiary/aromatic N) is 1. The van der Waals surface area contributed by atoms with Crippen molar-refractivity contribution in [2.24, 2.45) is 0 Å². The highest BCUT2D eigenvalue weighted by molar-refractivity contribution is 7.10. The van der Waals surface area contributed by atoms with Crippen LogP contribution in [0, 0.1) is 27.8 Å². The molecule has 21 heavy (non-hydrogen) atoms. The maximum absolute atomic E-state index is 13.4. The quantitative estimate of drug-likeness (QED) is 0.535. The molecule has 0 fully saturated rings. The summed E-state index contributed by atoms with van der Waals surface area (Å²) in [7, 11) is 0. The Bertz CT molecular complexity index is 717. The first kappa shape index (κ1) is 15.0. The first-order chi connectivity index (χ1) is 10.1. The van der Waals surface area contributed by atoms with E-state index in [9.17, 15) is 14.5 Å². The van der Waals surface area contributed by atoms with Gasteiger partial charge in [0.15, 0.2) is 0 Å². The number of rotatable bonds is 4. The number of hydrogen-bond donors (Lipinski definition) is 1. The molecule has 5 nitrogen and oxygen atoms in total. The van der Waals surface area contributed by atoms with Gasteiger partial charge in [-0.15, -0.1) is 11.3 Å². The van der Waals surface area contributed by atoms with E-state index in [2.05, 4.69) is 11.8 Å². The zero-order chi connectivity index (χ0) is 15.2. The van der Waals surface area contributed by atoms with Crippen molar-refractivity contribution >= 4 is 17.0 Å². The molecule has 2 rings (SSSR count). The minimum Gasteiger partial charge on any atom is -0.488 e. The molecular formula is C14H10FNO4S. The number of aliphatic hydroxyl groups is 1. The van der Waals surface area contributed by atoms with Gasteiger partial charge in [-0.1, -0.05) is 11.8 Å². The van der Waals surface area contributed by atoms with Crippen LogP contribution in [0.1, 0.15) is 10.4 Å². The first-order valence-electron chi connectivity index (χ1n) is 5.84. The minimum atomic E-state index is -0.941. The number of nitro benzene ring substituents is 1. The second-order valence-electron chi connectivity index (χ2n) is 3.88. The lowest BCUT2D eigenvalue weighted by atomic mass is 10.2. The Kier molecular flexibility index (Phi) is 4.87. The molecule has 1 aromatic carbocycles. The van der Waals surface area contributed by atoms with Gasteiger partial charge in [-0.05, 0) is 17.5 Å². The molecular weight excluding hydrogens is 297 g/mol. The summed E-state index contributed by atoms with van der Waals surface area (Å²) in [6.07, 6.45) is 0. The third-order valence-corrected chi connectivity index (χ3v) is 3.43. The van der Waals surface area contributed by atoms with Crippen LogP contribution in [0.4, 0.5) is 10.1 Å². The zero-order valence-electron chi connectivity index (χ0n) is 10.7. The highest BCUT2D eigenvalue weighted by atomic mass is 32.1. The highest BCUT2D eigenvalue weighted by Crippen LogP contribution is 2.24. The zero-order valence-corrected chi connectivity index (χ0v) is 11.5. The van der Waals surface area contributed by atoms with E-state index in [1.807, 2.05) is 5.38 Å². The molecule has 0 saturated heterocycles. The predicted octanol–water partition coefficient (Wildman–Crippen LogP) is 2.72. The third kappa shape index (κ3) is 3.78. The van der Waals surface area contributed by atoms with Gasteiger partial charge in [0.1, 0.15) is 19.0 Å². The van der Waals surface area contributed by atoms with Crippen molar-refractivity contribution in [2.45, 2.75) is 6.61 Å². The van der Waals surface area contributed by atoms with Gasteiger partial charge in [0.25, 0.3) is 0 Å². The lowest BCUT2D eigenvalue weighted by Gasteiger charge is -2.05. The van der Waals surface area contributed by atoms with Crippen molar-refractivity contribution in [3.8, 4) is 17.6 Å². The van der Waals surface area contributed by atoms with Gasteiger partial charge in [0.2, 0.25) is 5.82 Å². The summed E-state index contributed by atoms with van der Waals surface area (Å²) >= 11 is 1.42. The second-order valence-corrected chi connectivity index (χ2v) is 4.88. The summed E-state index contributed by atoms with van der Waals surface area (Å²) in [6, 6.07) is 5.17. The maximum atomic E-state index is 13.4.